The maximum atomic E-state index is 12.1. The Balaban J connectivity index is 2.63. The van der Waals surface area contributed by atoms with Gasteiger partial charge in [0.05, 0.1) is 11.3 Å². The van der Waals surface area contributed by atoms with Crippen molar-refractivity contribution in [2.45, 2.75) is 20.4 Å². The van der Waals surface area contributed by atoms with E-state index in [1.165, 1.54) is 11.3 Å². The Morgan fingerprint density at radius 2 is 2.25 bits per heavy atom. The predicted molar refractivity (Wildman–Crippen MR) is 66.6 cm³/mol. The highest BCUT2D eigenvalue weighted by Gasteiger charge is 2.09. The molecule has 16 heavy (non-hydrogen) atoms. The molecule has 0 unspecified atom stereocenters. The second-order valence-corrected chi connectivity index (χ2v) is 4.40. The summed E-state index contributed by atoms with van der Waals surface area (Å²) in [7, 11) is 0. The first-order valence-electron chi connectivity index (χ1n) is 5.05. The van der Waals surface area contributed by atoms with Crippen LogP contribution < -0.4 is 11.3 Å². The minimum Gasteiger partial charge on any atom is -0.375 e. The minimum atomic E-state index is -0.00667. The van der Waals surface area contributed by atoms with E-state index in [9.17, 15) is 4.79 Å². The van der Waals surface area contributed by atoms with Gasteiger partial charge in [-0.2, -0.15) is 0 Å². The van der Waals surface area contributed by atoms with Gasteiger partial charge in [0.1, 0.15) is 0 Å². The van der Waals surface area contributed by atoms with E-state index in [1.807, 2.05) is 19.9 Å². The third-order valence-electron chi connectivity index (χ3n) is 2.51. The van der Waals surface area contributed by atoms with Crippen molar-refractivity contribution >= 4 is 16.5 Å². The highest BCUT2D eigenvalue weighted by atomic mass is 32.1. The lowest BCUT2D eigenvalue weighted by atomic mass is 10.2. The van der Waals surface area contributed by atoms with Gasteiger partial charge in [0.25, 0.3) is 5.56 Å². The van der Waals surface area contributed by atoms with Gasteiger partial charge >= 0.3 is 0 Å². The van der Waals surface area contributed by atoms with Gasteiger partial charge in [0.15, 0.2) is 5.13 Å². The van der Waals surface area contributed by atoms with Crippen molar-refractivity contribution in [2.75, 3.05) is 5.73 Å². The van der Waals surface area contributed by atoms with Gasteiger partial charge in [0, 0.05) is 17.6 Å². The Hall–Kier alpha value is -1.62. The summed E-state index contributed by atoms with van der Waals surface area (Å²) in [5.74, 6) is 0. The molecule has 2 N–H and O–H groups in total. The summed E-state index contributed by atoms with van der Waals surface area (Å²) in [6, 6.07) is 3.73. The molecule has 0 radical (unpaired) electrons. The van der Waals surface area contributed by atoms with Gasteiger partial charge in [-0.15, -0.1) is 11.3 Å². The SMILES string of the molecule is CCn1c(C)ccc(-c2csc(N)n2)c1=O. The predicted octanol–water partition coefficient (Wildman–Crippen LogP) is 1.88. The van der Waals surface area contributed by atoms with E-state index >= 15 is 0 Å². The standard InChI is InChI=1S/C11H13N3OS/c1-3-14-7(2)4-5-8(10(14)15)9-6-16-11(12)13-9/h4-6H,3H2,1-2H3,(H2,12,13). The van der Waals surface area contributed by atoms with E-state index in [0.29, 0.717) is 22.9 Å². The molecular weight excluding hydrogens is 222 g/mol. The molecule has 0 aromatic carbocycles. The molecule has 0 saturated carbocycles. The smallest absolute Gasteiger partial charge is 0.260 e. The number of pyridine rings is 1. The summed E-state index contributed by atoms with van der Waals surface area (Å²) in [6.45, 7) is 4.54. The molecule has 2 aromatic rings. The summed E-state index contributed by atoms with van der Waals surface area (Å²) >= 11 is 1.34. The van der Waals surface area contributed by atoms with Crippen LogP contribution in [0.5, 0.6) is 0 Å². The lowest BCUT2D eigenvalue weighted by Crippen LogP contribution is -2.22. The normalized spacial score (nSPS) is 10.6. The third-order valence-corrected chi connectivity index (χ3v) is 3.18. The Morgan fingerprint density at radius 3 is 2.81 bits per heavy atom. The molecule has 0 atom stereocenters. The molecule has 0 aliphatic heterocycles. The fourth-order valence-electron chi connectivity index (χ4n) is 1.67. The first-order valence-corrected chi connectivity index (χ1v) is 5.93. The number of hydrogen-bond donors (Lipinski definition) is 1. The zero-order valence-electron chi connectivity index (χ0n) is 9.23. The van der Waals surface area contributed by atoms with Crippen LogP contribution in [0.1, 0.15) is 12.6 Å². The van der Waals surface area contributed by atoms with Crippen molar-refractivity contribution in [3.8, 4) is 11.3 Å². The maximum Gasteiger partial charge on any atom is 0.260 e. The Morgan fingerprint density at radius 1 is 1.50 bits per heavy atom. The number of nitrogens with two attached hydrogens (primary N) is 1. The van der Waals surface area contributed by atoms with Crippen molar-refractivity contribution in [1.82, 2.24) is 9.55 Å². The van der Waals surface area contributed by atoms with Gasteiger partial charge in [-0.25, -0.2) is 4.98 Å². The number of nitrogens with zero attached hydrogens (tertiary/aromatic N) is 2. The number of thiazole rings is 1. The molecule has 4 nitrogen and oxygen atoms in total. The monoisotopic (exact) mass is 235 g/mol. The molecule has 0 spiro atoms. The van der Waals surface area contributed by atoms with Crippen LogP contribution in [-0.2, 0) is 6.54 Å². The number of hydrogen-bond acceptors (Lipinski definition) is 4. The average Bonchev–Trinajstić information content (AvgIpc) is 2.65. The van der Waals surface area contributed by atoms with Crippen molar-refractivity contribution < 1.29 is 0 Å². The number of rotatable bonds is 2. The van der Waals surface area contributed by atoms with Crippen molar-refractivity contribution in [1.29, 1.82) is 0 Å². The molecule has 2 aromatic heterocycles. The van der Waals surface area contributed by atoms with Crippen molar-refractivity contribution in [3.05, 3.63) is 33.6 Å². The lowest BCUT2D eigenvalue weighted by Gasteiger charge is -2.07. The van der Waals surface area contributed by atoms with Gasteiger partial charge in [0.2, 0.25) is 0 Å². The van der Waals surface area contributed by atoms with Crippen LogP contribution in [0.2, 0.25) is 0 Å². The minimum absolute atomic E-state index is 0.00667. The zero-order chi connectivity index (χ0) is 11.7. The third kappa shape index (κ3) is 1.74. The zero-order valence-corrected chi connectivity index (χ0v) is 10.0. The van der Waals surface area contributed by atoms with E-state index in [1.54, 1.807) is 16.0 Å². The summed E-state index contributed by atoms with van der Waals surface area (Å²) in [6.07, 6.45) is 0. The first kappa shape index (κ1) is 10.9. The fraction of sp³-hybridized carbons (Fsp3) is 0.273. The highest BCUT2D eigenvalue weighted by molar-refractivity contribution is 7.13. The maximum absolute atomic E-state index is 12.1. The largest absolute Gasteiger partial charge is 0.375 e. The summed E-state index contributed by atoms with van der Waals surface area (Å²) in [5, 5.41) is 2.29. The molecule has 2 heterocycles. The molecule has 0 bridgehead atoms. The van der Waals surface area contributed by atoms with Gasteiger partial charge in [-0.3, -0.25) is 4.79 Å². The summed E-state index contributed by atoms with van der Waals surface area (Å²) in [5.41, 5.74) is 7.79. The molecule has 0 aliphatic rings. The molecule has 0 saturated heterocycles. The van der Waals surface area contributed by atoms with Crippen LogP contribution in [0.4, 0.5) is 5.13 Å². The fourth-order valence-corrected chi connectivity index (χ4v) is 2.23. The molecule has 84 valence electrons. The van der Waals surface area contributed by atoms with Crippen LogP contribution in [0.3, 0.4) is 0 Å². The van der Waals surface area contributed by atoms with Crippen LogP contribution in [0.25, 0.3) is 11.3 Å². The highest BCUT2D eigenvalue weighted by Crippen LogP contribution is 2.20. The molecule has 2 rings (SSSR count). The van der Waals surface area contributed by atoms with Crippen LogP contribution in [0.15, 0.2) is 22.3 Å². The topological polar surface area (TPSA) is 60.9 Å². The lowest BCUT2D eigenvalue weighted by molar-refractivity contribution is 0.702. The second kappa shape index (κ2) is 4.09. The van der Waals surface area contributed by atoms with Gasteiger partial charge in [-0.1, -0.05) is 0 Å². The Kier molecular flexibility index (Phi) is 2.78. The molecule has 5 heteroatoms. The number of anilines is 1. The van der Waals surface area contributed by atoms with E-state index < -0.39 is 0 Å². The van der Waals surface area contributed by atoms with E-state index in [2.05, 4.69) is 4.98 Å². The van der Waals surface area contributed by atoms with Gasteiger partial charge in [-0.05, 0) is 26.0 Å². The van der Waals surface area contributed by atoms with Gasteiger partial charge < -0.3 is 10.3 Å². The van der Waals surface area contributed by atoms with E-state index in [4.69, 9.17) is 5.73 Å². The van der Waals surface area contributed by atoms with Crippen molar-refractivity contribution in [2.24, 2.45) is 0 Å². The molecule has 0 fully saturated rings. The van der Waals surface area contributed by atoms with Crippen LogP contribution >= 0.6 is 11.3 Å². The van der Waals surface area contributed by atoms with E-state index in [0.717, 1.165) is 5.69 Å². The Bertz CT molecular complexity index is 571. The molecule has 0 amide bonds. The molecular formula is C11H13N3OS. The van der Waals surface area contributed by atoms with Crippen molar-refractivity contribution in [3.63, 3.8) is 0 Å². The quantitative estimate of drug-likeness (QED) is 0.864. The van der Waals surface area contributed by atoms with E-state index in [-0.39, 0.29) is 5.56 Å². The summed E-state index contributed by atoms with van der Waals surface area (Å²) < 4.78 is 1.73. The summed E-state index contributed by atoms with van der Waals surface area (Å²) in [4.78, 5) is 16.2. The number of aromatic nitrogens is 2. The van der Waals surface area contributed by atoms with Crippen LogP contribution in [-0.4, -0.2) is 9.55 Å². The molecule has 0 aliphatic carbocycles. The average molecular weight is 235 g/mol. The van der Waals surface area contributed by atoms with Crippen LogP contribution in [0, 0.1) is 6.92 Å². The first-order chi connectivity index (χ1) is 7.63. The Labute approximate surface area is 97.4 Å². The second-order valence-electron chi connectivity index (χ2n) is 3.51. The number of nitrogen functional groups attached to an aromatic ring is 1. The number of aryl methyl sites for hydroxylation is 1.